The Morgan fingerprint density at radius 1 is 1.61 bits per heavy atom. The van der Waals surface area contributed by atoms with Gasteiger partial charge < -0.3 is 10.4 Å². The van der Waals surface area contributed by atoms with Crippen molar-refractivity contribution in [2.75, 3.05) is 11.9 Å². The minimum Gasteiger partial charge on any atom is -0.481 e. The molecule has 5 heteroatoms. The van der Waals surface area contributed by atoms with Gasteiger partial charge in [0.15, 0.2) is 0 Å². The highest BCUT2D eigenvalue weighted by atomic mass is 79.9. The Hall–Kier alpha value is -1.54. The fourth-order valence-corrected chi connectivity index (χ4v) is 2.00. The third kappa shape index (κ3) is 4.38. The van der Waals surface area contributed by atoms with E-state index >= 15 is 0 Å². The molecule has 96 valence electrons. The third-order valence-electron chi connectivity index (χ3n) is 2.65. The number of halogens is 1. The van der Waals surface area contributed by atoms with Crippen molar-refractivity contribution in [3.05, 3.63) is 28.2 Å². The Balaban J connectivity index is 2.41. The van der Waals surface area contributed by atoms with Crippen molar-refractivity contribution in [2.45, 2.75) is 19.8 Å². The van der Waals surface area contributed by atoms with E-state index in [2.05, 4.69) is 27.3 Å². The predicted molar refractivity (Wildman–Crippen MR) is 73.4 cm³/mol. The quantitative estimate of drug-likeness (QED) is 0.791. The van der Waals surface area contributed by atoms with Crippen LogP contribution in [0.3, 0.4) is 0 Å². The van der Waals surface area contributed by atoms with Crippen LogP contribution in [0.15, 0.2) is 22.7 Å². The number of rotatable bonds is 6. The normalized spacial score (nSPS) is 11.6. The molecule has 18 heavy (non-hydrogen) atoms. The molecule has 4 nitrogen and oxygen atoms in total. The summed E-state index contributed by atoms with van der Waals surface area (Å²) < 4.78 is 0.841. The maximum Gasteiger partial charge on any atom is 0.306 e. The molecule has 1 unspecified atom stereocenters. The average molecular weight is 311 g/mol. The first-order valence-corrected chi connectivity index (χ1v) is 6.50. The molecule has 1 rings (SSSR count). The minimum absolute atomic E-state index is 0.309. The lowest BCUT2D eigenvalue weighted by Gasteiger charge is -2.10. The van der Waals surface area contributed by atoms with Gasteiger partial charge in [0.1, 0.15) is 0 Å². The first-order chi connectivity index (χ1) is 8.54. The van der Waals surface area contributed by atoms with Crippen LogP contribution >= 0.6 is 15.9 Å². The van der Waals surface area contributed by atoms with E-state index in [1.165, 1.54) is 0 Å². The molecular formula is C13H15BrN2O2. The highest BCUT2D eigenvalue weighted by molar-refractivity contribution is 9.10. The standard InChI is InChI=1S/C13H15BrN2O2/c1-9(13(17)18)3-2-6-16-12-5-4-10(8-15)7-11(12)14/h4-5,7,9,16H,2-3,6H2,1H3,(H,17,18). The summed E-state index contributed by atoms with van der Waals surface area (Å²) in [5.74, 6) is -1.06. The van der Waals surface area contributed by atoms with E-state index in [4.69, 9.17) is 10.4 Å². The second kappa shape index (κ2) is 7.02. The molecule has 0 aliphatic rings. The third-order valence-corrected chi connectivity index (χ3v) is 3.31. The van der Waals surface area contributed by atoms with Crippen molar-refractivity contribution in [1.29, 1.82) is 5.26 Å². The van der Waals surface area contributed by atoms with Gasteiger partial charge in [0.05, 0.1) is 17.6 Å². The SMILES string of the molecule is CC(CCCNc1ccc(C#N)cc1Br)C(=O)O. The summed E-state index contributed by atoms with van der Waals surface area (Å²) >= 11 is 3.38. The number of carboxylic acid groups (broad SMARTS) is 1. The molecule has 0 aliphatic heterocycles. The van der Waals surface area contributed by atoms with Gasteiger partial charge in [0.25, 0.3) is 0 Å². The lowest BCUT2D eigenvalue weighted by molar-refractivity contribution is -0.141. The Morgan fingerprint density at radius 3 is 2.89 bits per heavy atom. The number of anilines is 1. The Morgan fingerprint density at radius 2 is 2.33 bits per heavy atom. The summed E-state index contributed by atoms with van der Waals surface area (Å²) in [4.78, 5) is 10.6. The van der Waals surface area contributed by atoms with Crippen molar-refractivity contribution in [2.24, 2.45) is 5.92 Å². The molecule has 0 spiro atoms. The number of benzene rings is 1. The van der Waals surface area contributed by atoms with Gasteiger partial charge in [-0.25, -0.2) is 0 Å². The molecule has 0 aromatic heterocycles. The summed E-state index contributed by atoms with van der Waals surface area (Å²) in [6.45, 7) is 2.42. The summed E-state index contributed by atoms with van der Waals surface area (Å²) in [6, 6.07) is 7.40. The number of nitrogens with one attached hydrogen (secondary N) is 1. The van der Waals surface area contributed by atoms with E-state index in [1.807, 2.05) is 6.07 Å². The Labute approximate surface area is 115 Å². The number of nitriles is 1. The molecule has 0 bridgehead atoms. The second-order valence-electron chi connectivity index (χ2n) is 4.11. The number of carboxylic acids is 1. The van der Waals surface area contributed by atoms with E-state index in [-0.39, 0.29) is 5.92 Å². The van der Waals surface area contributed by atoms with Crippen molar-refractivity contribution in [3.8, 4) is 6.07 Å². The number of aliphatic carboxylic acids is 1. The number of carbonyl (C=O) groups is 1. The summed E-state index contributed by atoms with van der Waals surface area (Å²) in [5, 5.41) is 20.7. The monoisotopic (exact) mass is 310 g/mol. The molecule has 0 fully saturated rings. The zero-order valence-corrected chi connectivity index (χ0v) is 11.7. The van der Waals surface area contributed by atoms with Crippen LogP contribution in [0.2, 0.25) is 0 Å². The zero-order valence-electron chi connectivity index (χ0n) is 10.1. The van der Waals surface area contributed by atoms with E-state index in [1.54, 1.807) is 19.1 Å². The van der Waals surface area contributed by atoms with Crippen LogP contribution in [0.4, 0.5) is 5.69 Å². The van der Waals surface area contributed by atoms with Gasteiger partial charge in [-0.05, 0) is 47.0 Å². The molecule has 1 aromatic carbocycles. The minimum atomic E-state index is -0.755. The van der Waals surface area contributed by atoms with Crippen LogP contribution in [-0.2, 0) is 4.79 Å². The van der Waals surface area contributed by atoms with Gasteiger partial charge in [-0.3, -0.25) is 4.79 Å². The smallest absolute Gasteiger partial charge is 0.306 e. The molecule has 0 aliphatic carbocycles. The molecule has 0 heterocycles. The summed E-state index contributed by atoms with van der Waals surface area (Å²) in [7, 11) is 0. The van der Waals surface area contributed by atoms with Gasteiger partial charge in [0, 0.05) is 16.7 Å². The van der Waals surface area contributed by atoms with E-state index in [9.17, 15) is 4.79 Å². The molecule has 0 amide bonds. The number of hydrogen-bond acceptors (Lipinski definition) is 3. The van der Waals surface area contributed by atoms with Gasteiger partial charge in [-0.1, -0.05) is 6.92 Å². The van der Waals surface area contributed by atoms with Crippen LogP contribution in [0, 0.1) is 17.2 Å². The van der Waals surface area contributed by atoms with Crippen molar-refractivity contribution >= 4 is 27.6 Å². The first-order valence-electron chi connectivity index (χ1n) is 5.71. The van der Waals surface area contributed by atoms with Crippen molar-refractivity contribution in [3.63, 3.8) is 0 Å². The van der Waals surface area contributed by atoms with Crippen LogP contribution in [-0.4, -0.2) is 17.6 Å². The predicted octanol–water partition coefficient (Wildman–Crippen LogP) is 3.23. The largest absolute Gasteiger partial charge is 0.481 e. The first kappa shape index (κ1) is 14.5. The maximum atomic E-state index is 10.6. The fraction of sp³-hybridized carbons (Fsp3) is 0.385. The second-order valence-corrected chi connectivity index (χ2v) is 4.97. The highest BCUT2D eigenvalue weighted by Gasteiger charge is 2.09. The van der Waals surface area contributed by atoms with Gasteiger partial charge >= 0.3 is 5.97 Å². The van der Waals surface area contributed by atoms with E-state index in [0.29, 0.717) is 18.5 Å². The van der Waals surface area contributed by atoms with Gasteiger partial charge in [0.2, 0.25) is 0 Å². The topological polar surface area (TPSA) is 73.1 Å². The lowest BCUT2D eigenvalue weighted by Crippen LogP contribution is -2.11. The average Bonchev–Trinajstić information content (AvgIpc) is 2.35. The molecule has 0 saturated heterocycles. The van der Waals surface area contributed by atoms with Crippen molar-refractivity contribution < 1.29 is 9.90 Å². The summed E-state index contributed by atoms with van der Waals surface area (Å²) in [6.07, 6.45) is 1.44. The summed E-state index contributed by atoms with van der Waals surface area (Å²) in [5.41, 5.74) is 1.52. The van der Waals surface area contributed by atoms with E-state index in [0.717, 1.165) is 16.6 Å². The number of nitrogens with zero attached hydrogens (tertiary/aromatic N) is 1. The van der Waals surface area contributed by atoms with Crippen LogP contribution in [0.1, 0.15) is 25.3 Å². The maximum absolute atomic E-state index is 10.6. The number of hydrogen-bond donors (Lipinski definition) is 2. The van der Waals surface area contributed by atoms with Crippen molar-refractivity contribution in [1.82, 2.24) is 0 Å². The van der Waals surface area contributed by atoms with Crippen LogP contribution in [0.5, 0.6) is 0 Å². The molecule has 1 aromatic rings. The fourth-order valence-electron chi connectivity index (χ4n) is 1.48. The van der Waals surface area contributed by atoms with Crippen LogP contribution in [0.25, 0.3) is 0 Å². The van der Waals surface area contributed by atoms with Gasteiger partial charge in [-0.15, -0.1) is 0 Å². The highest BCUT2D eigenvalue weighted by Crippen LogP contribution is 2.23. The molecular weight excluding hydrogens is 296 g/mol. The molecule has 0 saturated carbocycles. The zero-order chi connectivity index (χ0) is 13.5. The molecule has 1 atom stereocenters. The van der Waals surface area contributed by atoms with Gasteiger partial charge in [-0.2, -0.15) is 5.26 Å². The van der Waals surface area contributed by atoms with E-state index < -0.39 is 5.97 Å². The molecule has 0 radical (unpaired) electrons. The van der Waals surface area contributed by atoms with Crippen LogP contribution < -0.4 is 5.32 Å². The lowest BCUT2D eigenvalue weighted by atomic mass is 10.1. The Bertz CT molecular complexity index is 469. The molecule has 2 N–H and O–H groups in total. The Kier molecular flexibility index (Phi) is 5.66.